The monoisotopic (exact) mass is 353 g/mol. The first-order valence-electron chi connectivity index (χ1n) is 6.66. The average molecular weight is 354 g/mol. The van der Waals surface area contributed by atoms with Gasteiger partial charge in [-0.05, 0) is 48.5 Å². The van der Waals surface area contributed by atoms with Crippen molar-refractivity contribution in [2.45, 2.75) is 16.2 Å². The number of amides is 1. The second-order valence-electron chi connectivity index (χ2n) is 4.58. The molecule has 1 N–H and O–H groups in total. The molecule has 0 radical (unpaired) electrons. The number of thioether (sulfide) groups is 1. The molecule has 2 aromatic carbocycles. The van der Waals surface area contributed by atoms with Crippen LogP contribution in [0.4, 0.5) is 5.69 Å². The predicted molar refractivity (Wildman–Crippen MR) is 94.2 cm³/mol. The fourth-order valence-electron chi connectivity index (χ4n) is 1.75. The van der Waals surface area contributed by atoms with Crippen LogP contribution in [0.5, 0.6) is 0 Å². The quantitative estimate of drug-likeness (QED) is 0.792. The van der Waals surface area contributed by atoms with Gasteiger partial charge in [-0.2, -0.15) is 0 Å². The zero-order valence-electron chi connectivity index (χ0n) is 12.0. The van der Waals surface area contributed by atoms with E-state index in [1.54, 1.807) is 42.3 Å². The predicted octanol–water partition coefficient (Wildman–Crippen LogP) is 4.20. The standard InChI is InChI=1S/C16H16ClNO2S2/c1-22(20)15-8-4-13(5-9-15)18-16(19)10-11-21-14-6-2-12(17)3-7-14/h2-9H,10-11H2,1H3,(H,18,19)/t22-/m0/s1. The van der Waals surface area contributed by atoms with Crippen LogP contribution < -0.4 is 5.32 Å². The molecular weight excluding hydrogens is 338 g/mol. The zero-order chi connectivity index (χ0) is 15.9. The highest BCUT2D eigenvalue weighted by molar-refractivity contribution is 7.99. The molecule has 22 heavy (non-hydrogen) atoms. The summed E-state index contributed by atoms with van der Waals surface area (Å²) in [5, 5.41) is 3.54. The Bertz CT molecular complexity index is 657. The summed E-state index contributed by atoms with van der Waals surface area (Å²) in [6.45, 7) is 0. The number of anilines is 1. The van der Waals surface area contributed by atoms with Gasteiger partial charge in [-0.1, -0.05) is 11.6 Å². The van der Waals surface area contributed by atoms with Gasteiger partial charge in [0, 0.05) is 49.7 Å². The number of benzene rings is 2. The normalized spacial score (nSPS) is 11.9. The summed E-state index contributed by atoms with van der Waals surface area (Å²) < 4.78 is 11.3. The van der Waals surface area contributed by atoms with Crippen LogP contribution in [0.15, 0.2) is 58.3 Å². The zero-order valence-corrected chi connectivity index (χ0v) is 14.4. The summed E-state index contributed by atoms with van der Waals surface area (Å²) in [5.41, 5.74) is 0.718. The van der Waals surface area contributed by atoms with Crippen LogP contribution in [0.25, 0.3) is 0 Å². The molecule has 0 bridgehead atoms. The van der Waals surface area contributed by atoms with Crippen molar-refractivity contribution in [3.63, 3.8) is 0 Å². The SMILES string of the molecule is C[S@](=O)c1ccc(NC(=O)CCSc2ccc(Cl)cc2)cc1. The molecule has 0 saturated carbocycles. The number of rotatable bonds is 6. The molecule has 116 valence electrons. The molecule has 0 aliphatic heterocycles. The largest absolute Gasteiger partial charge is 0.326 e. The minimum Gasteiger partial charge on any atom is -0.326 e. The van der Waals surface area contributed by atoms with Crippen molar-refractivity contribution in [1.29, 1.82) is 0 Å². The Balaban J connectivity index is 1.77. The van der Waals surface area contributed by atoms with Gasteiger partial charge in [-0.3, -0.25) is 9.00 Å². The van der Waals surface area contributed by atoms with E-state index in [4.69, 9.17) is 11.6 Å². The maximum Gasteiger partial charge on any atom is 0.225 e. The first kappa shape index (κ1) is 17.1. The molecule has 0 aromatic heterocycles. The minimum absolute atomic E-state index is 0.0353. The molecule has 0 unspecified atom stereocenters. The number of halogens is 1. The Labute approximate surface area is 141 Å². The van der Waals surface area contributed by atoms with Crippen LogP contribution in [0.2, 0.25) is 5.02 Å². The molecule has 2 aromatic rings. The molecule has 3 nitrogen and oxygen atoms in total. The second-order valence-corrected chi connectivity index (χ2v) is 7.56. The Morgan fingerprint density at radius 1 is 1.14 bits per heavy atom. The Morgan fingerprint density at radius 2 is 1.77 bits per heavy atom. The first-order chi connectivity index (χ1) is 10.5. The molecular formula is C16H16ClNO2S2. The summed E-state index contributed by atoms with van der Waals surface area (Å²) in [6, 6.07) is 14.6. The third-order valence-electron chi connectivity index (χ3n) is 2.88. The molecule has 0 spiro atoms. The Hall–Kier alpha value is -1.30. The van der Waals surface area contributed by atoms with Crippen molar-refractivity contribution in [2.24, 2.45) is 0 Å². The smallest absolute Gasteiger partial charge is 0.225 e. The van der Waals surface area contributed by atoms with Crippen molar-refractivity contribution < 1.29 is 9.00 Å². The van der Waals surface area contributed by atoms with Gasteiger partial charge in [0.05, 0.1) is 0 Å². The van der Waals surface area contributed by atoms with E-state index in [2.05, 4.69) is 5.32 Å². The number of carbonyl (C=O) groups is 1. The van der Waals surface area contributed by atoms with Gasteiger partial charge in [0.1, 0.15) is 0 Å². The van der Waals surface area contributed by atoms with Crippen LogP contribution in [0.3, 0.4) is 0 Å². The topological polar surface area (TPSA) is 46.2 Å². The summed E-state index contributed by atoms with van der Waals surface area (Å²) in [6.07, 6.45) is 2.05. The van der Waals surface area contributed by atoms with Gasteiger partial charge in [0.2, 0.25) is 5.91 Å². The Morgan fingerprint density at radius 3 is 2.36 bits per heavy atom. The van der Waals surface area contributed by atoms with Gasteiger partial charge in [0.25, 0.3) is 0 Å². The van der Waals surface area contributed by atoms with Crippen molar-refractivity contribution in [1.82, 2.24) is 0 Å². The number of carbonyl (C=O) groups excluding carboxylic acids is 1. The second kappa shape index (κ2) is 8.36. The van der Waals surface area contributed by atoms with Gasteiger partial charge < -0.3 is 5.32 Å². The summed E-state index contributed by atoms with van der Waals surface area (Å²) in [5.74, 6) is 0.664. The van der Waals surface area contributed by atoms with Crippen molar-refractivity contribution in [2.75, 3.05) is 17.3 Å². The van der Waals surface area contributed by atoms with Gasteiger partial charge in [-0.15, -0.1) is 11.8 Å². The van der Waals surface area contributed by atoms with Crippen molar-refractivity contribution >= 4 is 45.8 Å². The molecule has 1 atom stereocenters. The van der Waals surface area contributed by atoms with Crippen molar-refractivity contribution in [3.05, 3.63) is 53.6 Å². The van der Waals surface area contributed by atoms with Crippen LogP contribution in [0.1, 0.15) is 6.42 Å². The van der Waals surface area contributed by atoms with Gasteiger partial charge in [-0.25, -0.2) is 0 Å². The summed E-state index contributed by atoms with van der Waals surface area (Å²) in [4.78, 5) is 13.7. The molecule has 0 aliphatic carbocycles. The van der Waals surface area contributed by atoms with Crippen LogP contribution in [0, 0.1) is 0 Å². The number of hydrogen-bond acceptors (Lipinski definition) is 3. The van der Waals surface area contributed by atoms with Crippen LogP contribution >= 0.6 is 23.4 Å². The molecule has 1 amide bonds. The highest BCUT2D eigenvalue weighted by Crippen LogP contribution is 2.21. The lowest BCUT2D eigenvalue weighted by Crippen LogP contribution is -2.12. The molecule has 0 aliphatic rings. The summed E-state index contributed by atoms with van der Waals surface area (Å²) in [7, 11) is -1.00. The third kappa shape index (κ3) is 5.48. The van der Waals surface area contributed by atoms with Gasteiger partial charge >= 0.3 is 0 Å². The maximum absolute atomic E-state index is 11.9. The molecule has 0 fully saturated rings. The lowest BCUT2D eigenvalue weighted by atomic mass is 10.3. The first-order valence-corrected chi connectivity index (χ1v) is 9.58. The number of nitrogens with one attached hydrogen (secondary N) is 1. The van der Waals surface area contributed by atoms with Crippen LogP contribution in [-0.4, -0.2) is 22.1 Å². The lowest BCUT2D eigenvalue weighted by Gasteiger charge is -2.06. The maximum atomic E-state index is 11.9. The highest BCUT2D eigenvalue weighted by Gasteiger charge is 2.04. The van der Waals surface area contributed by atoms with Gasteiger partial charge in [0.15, 0.2) is 0 Å². The van der Waals surface area contributed by atoms with E-state index >= 15 is 0 Å². The van der Waals surface area contributed by atoms with E-state index in [0.29, 0.717) is 17.2 Å². The molecule has 0 heterocycles. The van der Waals surface area contributed by atoms with E-state index in [1.807, 2.05) is 24.3 Å². The average Bonchev–Trinajstić information content (AvgIpc) is 2.50. The highest BCUT2D eigenvalue weighted by atomic mass is 35.5. The van der Waals surface area contributed by atoms with Crippen LogP contribution in [-0.2, 0) is 15.6 Å². The molecule has 0 saturated heterocycles. The van der Waals surface area contributed by atoms with E-state index in [1.165, 1.54) is 0 Å². The fraction of sp³-hybridized carbons (Fsp3) is 0.188. The molecule has 6 heteroatoms. The molecule has 2 rings (SSSR count). The fourth-order valence-corrected chi connectivity index (χ4v) is 3.24. The van der Waals surface area contributed by atoms with E-state index in [-0.39, 0.29) is 5.91 Å². The third-order valence-corrected chi connectivity index (χ3v) is 5.08. The number of hydrogen-bond donors (Lipinski definition) is 1. The minimum atomic E-state index is -1.00. The van der Waals surface area contributed by atoms with E-state index < -0.39 is 10.8 Å². The van der Waals surface area contributed by atoms with E-state index in [0.717, 1.165) is 15.5 Å². The van der Waals surface area contributed by atoms with E-state index in [9.17, 15) is 9.00 Å². The lowest BCUT2D eigenvalue weighted by molar-refractivity contribution is -0.115. The summed E-state index contributed by atoms with van der Waals surface area (Å²) >= 11 is 7.44. The van der Waals surface area contributed by atoms with Crippen molar-refractivity contribution in [3.8, 4) is 0 Å². The Kier molecular flexibility index (Phi) is 6.49.